The van der Waals surface area contributed by atoms with Crippen molar-refractivity contribution in [3.63, 3.8) is 0 Å². The van der Waals surface area contributed by atoms with E-state index in [0.717, 1.165) is 0 Å². The maximum atomic E-state index is 12.6. The summed E-state index contributed by atoms with van der Waals surface area (Å²) in [5.74, 6) is 0. The van der Waals surface area contributed by atoms with E-state index in [4.69, 9.17) is 0 Å². The monoisotopic (exact) mass is 182 g/mol. The minimum absolute atomic E-state index is 0.125. The fourth-order valence-corrected chi connectivity index (χ4v) is 1.16. The van der Waals surface area contributed by atoms with Crippen molar-refractivity contribution in [3.05, 3.63) is 0 Å². The predicted molar refractivity (Wildman–Crippen MR) is 43.9 cm³/mol. The van der Waals surface area contributed by atoms with Crippen LogP contribution in [0, 0.1) is 10.8 Å². The second-order valence-electron chi connectivity index (χ2n) is 4.43. The molecule has 0 aliphatic heterocycles. The summed E-state index contributed by atoms with van der Waals surface area (Å²) in [6.45, 7) is 7.75. The summed E-state index contributed by atoms with van der Waals surface area (Å²) in [6.07, 6.45) is -3.99. The highest BCUT2D eigenvalue weighted by molar-refractivity contribution is 4.91. The summed E-state index contributed by atoms with van der Waals surface area (Å²) in [6, 6.07) is 0. The smallest absolute Gasteiger partial charge is 0.170 e. The first kappa shape index (κ1) is 11.8. The molecular formula is C9H17F3. The quantitative estimate of drug-likeness (QED) is 0.574. The largest absolute Gasteiger partial charge is 0.394 e. The van der Waals surface area contributed by atoms with Crippen LogP contribution in [0.25, 0.3) is 0 Å². The molecule has 0 aromatic rings. The molecule has 0 aliphatic rings. The molecule has 0 heterocycles. The van der Waals surface area contributed by atoms with Gasteiger partial charge >= 0.3 is 6.18 Å². The van der Waals surface area contributed by atoms with Gasteiger partial charge in [-0.1, -0.05) is 34.6 Å². The van der Waals surface area contributed by atoms with Crippen molar-refractivity contribution in [2.24, 2.45) is 10.8 Å². The van der Waals surface area contributed by atoms with E-state index in [1.807, 2.05) is 0 Å². The molecule has 0 rings (SSSR count). The Balaban J connectivity index is 4.95. The van der Waals surface area contributed by atoms with Crippen LogP contribution in [-0.4, -0.2) is 6.18 Å². The van der Waals surface area contributed by atoms with Crippen molar-refractivity contribution in [1.82, 2.24) is 0 Å². The third-order valence-corrected chi connectivity index (χ3v) is 2.99. The Morgan fingerprint density at radius 2 is 1.25 bits per heavy atom. The standard InChI is InChI=1S/C9H17F3/c1-6-8(5,7(2,3)4)9(10,11)12/h6H2,1-5H3. The topological polar surface area (TPSA) is 0 Å². The molecular weight excluding hydrogens is 165 g/mol. The van der Waals surface area contributed by atoms with Crippen molar-refractivity contribution in [2.75, 3.05) is 0 Å². The summed E-state index contributed by atoms with van der Waals surface area (Å²) >= 11 is 0. The van der Waals surface area contributed by atoms with Crippen molar-refractivity contribution in [3.8, 4) is 0 Å². The lowest BCUT2D eigenvalue weighted by molar-refractivity contribution is -0.252. The summed E-state index contributed by atoms with van der Waals surface area (Å²) in [5.41, 5.74) is -2.32. The lowest BCUT2D eigenvalue weighted by Gasteiger charge is -2.42. The van der Waals surface area contributed by atoms with Gasteiger partial charge in [0.05, 0.1) is 5.41 Å². The van der Waals surface area contributed by atoms with Gasteiger partial charge in [-0.2, -0.15) is 13.2 Å². The highest BCUT2D eigenvalue weighted by atomic mass is 19.4. The second-order valence-corrected chi connectivity index (χ2v) is 4.43. The highest BCUT2D eigenvalue weighted by Crippen LogP contribution is 2.52. The molecule has 0 spiro atoms. The molecule has 1 unspecified atom stereocenters. The van der Waals surface area contributed by atoms with Gasteiger partial charge in [-0.05, 0) is 11.8 Å². The summed E-state index contributed by atoms with van der Waals surface area (Å²) in [5, 5.41) is 0. The summed E-state index contributed by atoms with van der Waals surface area (Å²) in [4.78, 5) is 0. The van der Waals surface area contributed by atoms with Crippen LogP contribution in [0.3, 0.4) is 0 Å². The van der Waals surface area contributed by atoms with E-state index in [9.17, 15) is 13.2 Å². The molecule has 0 N–H and O–H groups in total. The first-order valence-corrected chi connectivity index (χ1v) is 4.13. The Morgan fingerprint density at radius 3 is 1.25 bits per heavy atom. The van der Waals surface area contributed by atoms with Crippen molar-refractivity contribution >= 4 is 0 Å². The van der Waals surface area contributed by atoms with E-state index in [1.165, 1.54) is 6.92 Å². The number of halogens is 3. The molecule has 0 radical (unpaired) electrons. The Kier molecular flexibility index (Phi) is 2.88. The van der Waals surface area contributed by atoms with Gasteiger partial charge in [0.1, 0.15) is 0 Å². The molecule has 0 aliphatic carbocycles. The number of hydrogen-bond acceptors (Lipinski definition) is 0. The lowest BCUT2D eigenvalue weighted by atomic mass is 9.66. The fraction of sp³-hybridized carbons (Fsp3) is 1.00. The van der Waals surface area contributed by atoms with E-state index in [0.29, 0.717) is 0 Å². The van der Waals surface area contributed by atoms with Crippen LogP contribution in [0.1, 0.15) is 41.0 Å². The van der Waals surface area contributed by atoms with Gasteiger partial charge in [0.15, 0.2) is 0 Å². The van der Waals surface area contributed by atoms with E-state index < -0.39 is 17.0 Å². The minimum Gasteiger partial charge on any atom is -0.170 e. The van der Waals surface area contributed by atoms with Crippen LogP contribution in [0.15, 0.2) is 0 Å². The van der Waals surface area contributed by atoms with Gasteiger partial charge in [0.2, 0.25) is 0 Å². The Hall–Kier alpha value is -0.210. The molecule has 1 atom stereocenters. The number of hydrogen-bond donors (Lipinski definition) is 0. The van der Waals surface area contributed by atoms with Crippen LogP contribution in [0.5, 0.6) is 0 Å². The van der Waals surface area contributed by atoms with Crippen molar-refractivity contribution < 1.29 is 13.2 Å². The maximum absolute atomic E-state index is 12.6. The van der Waals surface area contributed by atoms with Crippen molar-refractivity contribution in [1.29, 1.82) is 0 Å². The summed E-state index contributed by atoms with van der Waals surface area (Å²) < 4.78 is 37.8. The van der Waals surface area contributed by atoms with Crippen molar-refractivity contribution in [2.45, 2.75) is 47.2 Å². The maximum Gasteiger partial charge on any atom is 0.394 e. The Bertz CT molecular complexity index is 136. The molecule has 0 nitrogen and oxygen atoms in total. The van der Waals surface area contributed by atoms with Crippen LogP contribution in [0.2, 0.25) is 0 Å². The molecule has 0 amide bonds. The fourth-order valence-electron chi connectivity index (χ4n) is 1.16. The molecule has 12 heavy (non-hydrogen) atoms. The third kappa shape index (κ3) is 1.75. The highest BCUT2D eigenvalue weighted by Gasteiger charge is 2.56. The normalized spacial score (nSPS) is 19.0. The molecule has 0 aromatic carbocycles. The van der Waals surface area contributed by atoms with Gasteiger partial charge in [0.25, 0.3) is 0 Å². The average molecular weight is 182 g/mol. The Labute approximate surface area is 72.2 Å². The molecule has 0 aromatic heterocycles. The molecule has 0 saturated heterocycles. The lowest BCUT2D eigenvalue weighted by Crippen LogP contribution is -2.45. The average Bonchev–Trinajstić information content (AvgIpc) is 1.81. The van der Waals surface area contributed by atoms with Crippen LogP contribution in [-0.2, 0) is 0 Å². The first-order valence-electron chi connectivity index (χ1n) is 4.13. The first-order chi connectivity index (χ1) is 5.06. The van der Waals surface area contributed by atoms with Crippen LogP contribution in [0.4, 0.5) is 13.2 Å². The van der Waals surface area contributed by atoms with Gasteiger partial charge in [-0.25, -0.2) is 0 Å². The molecule has 74 valence electrons. The van der Waals surface area contributed by atoms with Crippen LogP contribution >= 0.6 is 0 Å². The van der Waals surface area contributed by atoms with E-state index >= 15 is 0 Å². The second kappa shape index (κ2) is 2.93. The zero-order chi connectivity index (χ0) is 10.2. The van der Waals surface area contributed by atoms with Gasteiger partial charge < -0.3 is 0 Å². The zero-order valence-corrected chi connectivity index (χ0v) is 8.34. The van der Waals surface area contributed by atoms with Crippen LogP contribution < -0.4 is 0 Å². The number of rotatable bonds is 1. The predicted octanol–water partition coefficient (Wildman–Crippen LogP) is 4.01. The van der Waals surface area contributed by atoms with Gasteiger partial charge in [0, 0.05) is 0 Å². The SMILES string of the molecule is CCC(C)(C(C)(C)C)C(F)(F)F. The molecule has 3 heteroatoms. The zero-order valence-electron chi connectivity index (χ0n) is 8.34. The van der Waals surface area contributed by atoms with E-state index in [1.54, 1.807) is 27.7 Å². The van der Waals surface area contributed by atoms with E-state index in [-0.39, 0.29) is 6.42 Å². The molecule has 0 saturated carbocycles. The van der Waals surface area contributed by atoms with Gasteiger partial charge in [-0.15, -0.1) is 0 Å². The third-order valence-electron chi connectivity index (χ3n) is 2.99. The Morgan fingerprint density at radius 1 is 0.917 bits per heavy atom. The molecule has 0 bridgehead atoms. The minimum atomic E-state index is -4.11. The summed E-state index contributed by atoms with van der Waals surface area (Å²) in [7, 11) is 0. The van der Waals surface area contributed by atoms with E-state index in [2.05, 4.69) is 0 Å². The number of alkyl halides is 3. The van der Waals surface area contributed by atoms with Gasteiger partial charge in [-0.3, -0.25) is 0 Å². The molecule has 0 fully saturated rings.